The van der Waals surface area contributed by atoms with E-state index in [1.807, 2.05) is 24.3 Å². The number of H-pyrrole nitrogens is 1. The zero-order valence-electron chi connectivity index (χ0n) is 12.0. The third-order valence-corrected chi connectivity index (χ3v) is 4.75. The van der Waals surface area contributed by atoms with E-state index in [-0.39, 0.29) is 12.5 Å². The number of rotatable bonds is 3. The zero-order chi connectivity index (χ0) is 15.2. The van der Waals surface area contributed by atoms with Gasteiger partial charge in [0.25, 0.3) is 0 Å². The maximum atomic E-state index is 12.0. The number of imidazole rings is 1. The van der Waals surface area contributed by atoms with Gasteiger partial charge in [-0.1, -0.05) is 18.2 Å². The number of carboxylic acid groups (broad SMARTS) is 1. The highest BCUT2D eigenvalue weighted by molar-refractivity contribution is 5.78. The average Bonchev–Trinajstić information content (AvgIpc) is 3.15. The second kappa shape index (κ2) is 4.84. The predicted molar refractivity (Wildman–Crippen MR) is 78.6 cm³/mol. The van der Waals surface area contributed by atoms with Gasteiger partial charge in [0.05, 0.1) is 6.54 Å². The number of aromatic amines is 1. The van der Waals surface area contributed by atoms with Gasteiger partial charge in [0, 0.05) is 31.4 Å². The number of carbonyl (C=O) groups is 1. The molecule has 0 radical (unpaired) electrons. The van der Waals surface area contributed by atoms with E-state index in [4.69, 9.17) is 4.74 Å². The van der Waals surface area contributed by atoms with Crippen molar-refractivity contribution in [3.05, 3.63) is 48.0 Å². The van der Waals surface area contributed by atoms with E-state index in [0.717, 1.165) is 17.1 Å². The molecule has 0 bridgehead atoms. The highest BCUT2D eigenvalue weighted by atomic mass is 16.5. The summed E-state index contributed by atoms with van der Waals surface area (Å²) in [6, 6.07) is 7.75. The van der Waals surface area contributed by atoms with Crippen LogP contribution < -0.4 is 4.74 Å². The number of carboxylic acids is 1. The van der Waals surface area contributed by atoms with E-state index in [2.05, 4.69) is 14.9 Å². The molecule has 0 amide bonds. The Kier molecular flexibility index (Phi) is 2.94. The lowest BCUT2D eigenvalue weighted by Gasteiger charge is -2.35. The van der Waals surface area contributed by atoms with Gasteiger partial charge in [-0.3, -0.25) is 9.69 Å². The summed E-state index contributed by atoms with van der Waals surface area (Å²) in [4.78, 5) is 21.4. The fourth-order valence-corrected chi connectivity index (χ4v) is 3.65. The van der Waals surface area contributed by atoms with E-state index >= 15 is 0 Å². The highest BCUT2D eigenvalue weighted by Gasteiger charge is 2.56. The molecule has 0 saturated carbocycles. The molecule has 6 heteroatoms. The van der Waals surface area contributed by atoms with Crippen molar-refractivity contribution in [3.63, 3.8) is 0 Å². The Labute approximate surface area is 127 Å². The molecular formula is C16H17N3O3. The Hall–Kier alpha value is -2.34. The molecule has 6 nitrogen and oxygen atoms in total. The highest BCUT2D eigenvalue weighted by Crippen LogP contribution is 2.49. The number of para-hydroxylation sites is 1. The van der Waals surface area contributed by atoms with Gasteiger partial charge in [-0.2, -0.15) is 0 Å². The van der Waals surface area contributed by atoms with E-state index in [0.29, 0.717) is 19.6 Å². The van der Waals surface area contributed by atoms with Crippen LogP contribution in [-0.2, 0) is 11.3 Å². The second-order valence-electron chi connectivity index (χ2n) is 6.05. The Balaban J connectivity index is 1.68. The third-order valence-electron chi connectivity index (χ3n) is 4.75. The first kappa shape index (κ1) is 13.3. The molecule has 2 aliphatic heterocycles. The van der Waals surface area contributed by atoms with Crippen LogP contribution in [0.25, 0.3) is 0 Å². The van der Waals surface area contributed by atoms with Gasteiger partial charge in [0.2, 0.25) is 0 Å². The Morgan fingerprint density at radius 3 is 3.14 bits per heavy atom. The molecule has 1 aromatic heterocycles. The van der Waals surface area contributed by atoms with Crippen LogP contribution in [0.3, 0.4) is 0 Å². The number of fused-ring (bicyclic) bond motifs is 3. The van der Waals surface area contributed by atoms with Crippen LogP contribution in [-0.4, -0.2) is 45.6 Å². The smallest absolute Gasteiger partial charge is 0.315 e. The van der Waals surface area contributed by atoms with Crippen molar-refractivity contribution in [2.45, 2.75) is 12.5 Å². The molecule has 0 aliphatic carbocycles. The number of aromatic nitrogens is 2. The van der Waals surface area contributed by atoms with Crippen molar-refractivity contribution in [1.82, 2.24) is 14.9 Å². The van der Waals surface area contributed by atoms with Gasteiger partial charge in [0.15, 0.2) is 0 Å². The molecule has 3 heterocycles. The van der Waals surface area contributed by atoms with Crippen LogP contribution >= 0.6 is 0 Å². The Bertz CT molecular complexity index is 700. The van der Waals surface area contributed by atoms with E-state index < -0.39 is 11.4 Å². The lowest BCUT2D eigenvalue weighted by molar-refractivity contribution is -0.151. The SMILES string of the molecule is O=C(O)[C@@]12COc3ccccc3[C@@H]1CN(Cc1ncc[nH]1)C2. The quantitative estimate of drug-likeness (QED) is 0.897. The predicted octanol–water partition coefficient (Wildman–Crippen LogP) is 1.47. The number of hydrogen-bond donors (Lipinski definition) is 2. The minimum absolute atomic E-state index is 0.0510. The summed E-state index contributed by atoms with van der Waals surface area (Å²) >= 11 is 0. The van der Waals surface area contributed by atoms with Gasteiger partial charge in [-0.05, 0) is 11.6 Å². The first-order chi connectivity index (χ1) is 10.7. The average molecular weight is 299 g/mol. The minimum Gasteiger partial charge on any atom is -0.492 e. The summed E-state index contributed by atoms with van der Waals surface area (Å²) in [6.07, 6.45) is 3.49. The summed E-state index contributed by atoms with van der Waals surface area (Å²) in [5, 5.41) is 9.84. The fourth-order valence-electron chi connectivity index (χ4n) is 3.65. The molecule has 22 heavy (non-hydrogen) atoms. The molecule has 2 atom stereocenters. The monoisotopic (exact) mass is 299 g/mol. The van der Waals surface area contributed by atoms with Crippen molar-refractivity contribution >= 4 is 5.97 Å². The largest absolute Gasteiger partial charge is 0.492 e. The molecular weight excluding hydrogens is 282 g/mol. The number of ether oxygens (including phenoxy) is 1. The molecule has 1 aromatic carbocycles. The number of aliphatic carboxylic acids is 1. The van der Waals surface area contributed by atoms with Crippen LogP contribution in [0.2, 0.25) is 0 Å². The maximum Gasteiger partial charge on any atom is 0.315 e. The molecule has 0 unspecified atom stereocenters. The molecule has 0 spiro atoms. The summed E-state index contributed by atoms with van der Waals surface area (Å²) in [7, 11) is 0. The zero-order valence-corrected chi connectivity index (χ0v) is 12.0. The third kappa shape index (κ3) is 1.91. The summed E-state index contributed by atoms with van der Waals surface area (Å²) in [6.45, 7) is 2.02. The standard InChI is InChI=1S/C16H17N3O3/c20-15(21)16-9-19(8-14-17-5-6-18-14)7-12(16)11-3-1-2-4-13(11)22-10-16/h1-6,12H,7-10H2,(H,17,18)(H,20,21)/t12-,16-/m0/s1. The van der Waals surface area contributed by atoms with Crippen LogP contribution in [0.4, 0.5) is 0 Å². The summed E-state index contributed by atoms with van der Waals surface area (Å²) in [5.41, 5.74) is 0.124. The molecule has 1 fully saturated rings. The minimum atomic E-state index is -0.874. The number of nitrogens with one attached hydrogen (secondary N) is 1. The van der Waals surface area contributed by atoms with Gasteiger partial charge >= 0.3 is 5.97 Å². The van der Waals surface area contributed by atoms with Crippen molar-refractivity contribution in [3.8, 4) is 5.75 Å². The number of likely N-dealkylation sites (tertiary alicyclic amines) is 1. The fraction of sp³-hybridized carbons (Fsp3) is 0.375. The lowest BCUT2D eigenvalue weighted by atomic mass is 9.73. The van der Waals surface area contributed by atoms with Crippen LogP contribution in [0, 0.1) is 5.41 Å². The normalized spacial score (nSPS) is 27.0. The van der Waals surface area contributed by atoms with E-state index in [1.54, 1.807) is 12.4 Å². The maximum absolute atomic E-state index is 12.0. The molecule has 2 aliphatic rings. The first-order valence-electron chi connectivity index (χ1n) is 7.35. The topological polar surface area (TPSA) is 78.5 Å². The number of benzene rings is 1. The summed E-state index contributed by atoms with van der Waals surface area (Å²) in [5.74, 6) is 0.830. The van der Waals surface area contributed by atoms with Crippen LogP contribution in [0.5, 0.6) is 5.75 Å². The van der Waals surface area contributed by atoms with Crippen molar-refractivity contribution in [1.29, 1.82) is 0 Å². The van der Waals surface area contributed by atoms with E-state index in [1.165, 1.54) is 0 Å². The van der Waals surface area contributed by atoms with Crippen molar-refractivity contribution in [2.75, 3.05) is 19.7 Å². The van der Waals surface area contributed by atoms with Gasteiger partial charge in [-0.25, -0.2) is 4.98 Å². The molecule has 1 saturated heterocycles. The summed E-state index contributed by atoms with van der Waals surface area (Å²) < 4.78 is 5.75. The Morgan fingerprint density at radius 2 is 2.36 bits per heavy atom. The molecule has 2 N–H and O–H groups in total. The van der Waals surface area contributed by atoms with Crippen LogP contribution in [0.1, 0.15) is 17.3 Å². The Morgan fingerprint density at radius 1 is 1.50 bits per heavy atom. The number of nitrogens with zero attached hydrogens (tertiary/aromatic N) is 2. The molecule has 4 rings (SSSR count). The second-order valence-corrected chi connectivity index (χ2v) is 6.05. The van der Waals surface area contributed by atoms with Gasteiger partial charge in [0.1, 0.15) is 23.6 Å². The molecule has 114 valence electrons. The lowest BCUT2D eigenvalue weighted by Crippen LogP contribution is -2.45. The first-order valence-corrected chi connectivity index (χ1v) is 7.35. The van der Waals surface area contributed by atoms with Gasteiger partial charge in [-0.15, -0.1) is 0 Å². The molecule has 2 aromatic rings. The van der Waals surface area contributed by atoms with Gasteiger partial charge < -0.3 is 14.8 Å². The van der Waals surface area contributed by atoms with Crippen molar-refractivity contribution < 1.29 is 14.6 Å². The van der Waals surface area contributed by atoms with E-state index in [9.17, 15) is 9.90 Å². The van der Waals surface area contributed by atoms with Crippen molar-refractivity contribution in [2.24, 2.45) is 5.41 Å². The van der Waals surface area contributed by atoms with Crippen LogP contribution in [0.15, 0.2) is 36.7 Å². The number of hydrogen-bond acceptors (Lipinski definition) is 4.